The van der Waals surface area contributed by atoms with E-state index in [2.05, 4.69) is 22.8 Å². The van der Waals surface area contributed by atoms with Gasteiger partial charge in [-0.05, 0) is 24.4 Å². The van der Waals surface area contributed by atoms with Crippen LogP contribution >= 0.6 is 22.9 Å². The van der Waals surface area contributed by atoms with Gasteiger partial charge in [0, 0.05) is 23.8 Å². The molecule has 3 aromatic rings. The zero-order valence-corrected chi connectivity index (χ0v) is 16.3. The number of furan rings is 1. The molecule has 1 aromatic carbocycles. The number of fused-ring (bicyclic) bond motifs is 1. The number of carbonyl (C=O) groups excluding carboxylic acids is 1. The number of amides is 1. The van der Waals surface area contributed by atoms with Gasteiger partial charge in [-0.25, -0.2) is 0 Å². The van der Waals surface area contributed by atoms with Crippen LogP contribution in [0.4, 0.5) is 0 Å². The Balaban J connectivity index is 1.54. The van der Waals surface area contributed by atoms with Gasteiger partial charge in [-0.2, -0.15) is 0 Å². The van der Waals surface area contributed by atoms with Gasteiger partial charge in [0.05, 0.1) is 29.5 Å². The van der Waals surface area contributed by atoms with E-state index in [1.807, 2.05) is 19.1 Å². The Morgan fingerprint density at radius 3 is 2.81 bits per heavy atom. The van der Waals surface area contributed by atoms with Crippen LogP contribution < -0.4 is 10.2 Å². The summed E-state index contributed by atoms with van der Waals surface area (Å²) in [6, 6.07) is 10.1. The minimum Gasteiger partial charge on any atom is -0.449 e. The molecule has 1 atom stereocenters. The van der Waals surface area contributed by atoms with Gasteiger partial charge in [0.25, 0.3) is 5.91 Å². The molecule has 1 amide bonds. The van der Waals surface area contributed by atoms with Crippen molar-refractivity contribution in [3.8, 4) is 0 Å². The molecule has 2 aromatic heterocycles. The lowest BCUT2D eigenvalue weighted by Gasteiger charge is -2.23. The molecule has 0 spiro atoms. The molecule has 1 aliphatic heterocycles. The lowest BCUT2D eigenvalue weighted by Crippen LogP contribution is -3.11. The van der Waals surface area contributed by atoms with E-state index in [0.717, 1.165) is 24.0 Å². The van der Waals surface area contributed by atoms with Crippen LogP contribution in [0.1, 0.15) is 39.9 Å². The molecule has 0 bridgehead atoms. The van der Waals surface area contributed by atoms with Crippen LogP contribution in [0.3, 0.4) is 0 Å². The summed E-state index contributed by atoms with van der Waals surface area (Å²) in [5, 5.41) is 6.62. The normalized spacial score (nSPS) is 16.2. The molecule has 3 heterocycles. The molecule has 0 aliphatic carbocycles. The van der Waals surface area contributed by atoms with E-state index in [0.29, 0.717) is 29.0 Å². The number of likely N-dealkylation sites (tertiary alicyclic amines) is 1. The molecule has 4 rings (SSSR count). The number of rotatable bonds is 5. The van der Waals surface area contributed by atoms with Gasteiger partial charge >= 0.3 is 0 Å². The van der Waals surface area contributed by atoms with Crippen molar-refractivity contribution in [2.24, 2.45) is 0 Å². The minimum atomic E-state index is -0.171. The Bertz CT molecular complexity index is 913. The quantitative estimate of drug-likeness (QED) is 0.700. The largest absolute Gasteiger partial charge is 0.449 e. The summed E-state index contributed by atoms with van der Waals surface area (Å²) < 4.78 is 5.79. The topological polar surface area (TPSA) is 46.7 Å². The third-order valence-corrected chi connectivity index (χ3v) is 6.50. The Morgan fingerprint density at radius 1 is 1.31 bits per heavy atom. The number of hydrogen-bond acceptors (Lipinski definition) is 3. The van der Waals surface area contributed by atoms with E-state index >= 15 is 0 Å². The van der Waals surface area contributed by atoms with Crippen LogP contribution in [-0.4, -0.2) is 25.5 Å². The second-order valence-electron chi connectivity index (χ2n) is 6.82. The van der Waals surface area contributed by atoms with Crippen molar-refractivity contribution >= 4 is 39.8 Å². The zero-order chi connectivity index (χ0) is 18.1. The van der Waals surface area contributed by atoms with Crippen LogP contribution in [0.25, 0.3) is 11.0 Å². The summed E-state index contributed by atoms with van der Waals surface area (Å²) in [6.45, 7) is 4.84. The number of hydrogen-bond donors (Lipinski definition) is 2. The number of nitrogens with one attached hydrogen (secondary N) is 2. The molecule has 0 unspecified atom stereocenters. The maximum atomic E-state index is 12.8. The predicted octanol–water partition coefficient (Wildman–Crippen LogP) is 3.61. The van der Waals surface area contributed by atoms with E-state index in [1.54, 1.807) is 22.3 Å². The molecular formula is C20H22ClN2O2S+. The Kier molecular flexibility index (Phi) is 5.02. The highest BCUT2D eigenvalue weighted by Crippen LogP contribution is 2.30. The first-order valence-corrected chi connectivity index (χ1v) is 10.2. The highest BCUT2D eigenvalue weighted by atomic mass is 35.5. The van der Waals surface area contributed by atoms with Crippen molar-refractivity contribution in [2.75, 3.05) is 19.6 Å². The van der Waals surface area contributed by atoms with Crippen molar-refractivity contribution < 1.29 is 14.1 Å². The van der Waals surface area contributed by atoms with Crippen molar-refractivity contribution in [1.82, 2.24) is 5.32 Å². The van der Waals surface area contributed by atoms with Gasteiger partial charge in [-0.3, -0.25) is 4.79 Å². The van der Waals surface area contributed by atoms with Crippen molar-refractivity contribution in [2.45, 2.75) is 25.8 Å². The molecule has 1 fully saturated rings. The fraction of sp³-hybridized carbons (Fsp3) is 0.350. The highest BCUT2D eigenvalue weighted by Gasteiger charge is 2.29. The Labute approximate surface area is 161 Å². The molecule has 0 radical (unpaired) electrons. The van der Waals surface area contributed by atoms with Crippen LogP contribution in [0.15, 0.2) is 40.1 Å². The monoisotopic (exact) mass is 389 g/mol. The number of thiophene rings is 1. The summed E-state index contributed by atoms with van der Waals surface area (Å²) in [4.78, 5) is 15.7. The second kappa shape index (κ2) is 7.43. The van der Waals surface area contributed by atoms with E-state index in [-0.39, 0.29) is 5.91 Å². The molecule has 1 aliphatic rings. The highest BCUT2D eigenvalue weighted by molar-refractivity contribution is 7.10. The molecule has 4 nitrogen and oxygen atoms in total. The summed E-state index contributed by atoms with van der Waals surface area (Å²) in [7, 11) is 0. The lowest BCUT2D eigenvalue weighted by atomic mass is 10.1. The summed E-state index contributed by atoms with van der Waals surface area (Å²) in [6.07, 6.45) is 2.51. The standard InChI is InChI=1S/C20H21ClN2O2S/c1-13-14-6-4-7-15(21)19(14)25-18(13)20(24)22-12-16(17-8-5-11-26-17)23-9-2-3-10-23/h4-8,11,16H,2-3,9-10,12H2,1H3,(H,22,24)/p+1/t16-/m1/s1. The van der Waals surface area contributed by atoms with Crippen molar-refractivity contribution in [1.29, 1.82) is 0 Å². The fourth-order valence-corrected chi connectivity index (χ4v) is 4.91. The SMILES string of the molecule is Cc1c(C(=O)NC[C@H](c2cccs2)[NH+]2CCCC2)oc2c(Cl)cccc12. The van der Waals surface area contributed by atoms with Gasteiger partial charge in [-0.1, -0.05) is 29.8 Å². The van der Waals surface area contributed by atoms with Crippen molar-refractivity contribution in [3.05, 3.63) is 56.9 Å². The number of carbonyl (C=O) groups is 1. The van der Waals surface area contributed by atoms with Crippen LogP contribution in [0, 0.1) is 6.92 Å². The van der Waals surface area contributed by atoms with Gasteiger partial charge < -0.3 is 14.6 Å². The van der Waals surface area contributed by atoms with Crippen LogP contribution in [0.2, 0.25) is 5.02 Å². The molecule has 6 heteroatoms. The van der Waals surface area contributed by atoms with E-state index < -0.39 is 0 Å². The van der Waals surface area contributed by atoms with Crippen molar-refractivity contribution in [3.63, 3.8) is 0 Å². The average molecular weight is 390 g/mol. The molecular weight excluding hydrogens is 368 g/mol. The summed E-state index contributed by atoms with van der Waals surface area (Å²) >= 11 is 7.96. The molecule has 26 heavy (non-hydrogen) atoms. The average Bonchev–Trinajstić information content (AvgIpc) is 3.38. The van der Waals surface area contributed by atoms with Gasteiger partial charge in [0.2, 0.25) is 0 Å². The zero-order valence-electron chi connectivity index (χ0n) is 14.7. The maximum Gasteiger partial charge on any atom is 0.287 e. The molecule has 1 saturated heterocycles. The first kappa shape index (κ1) is 17.6. The first-order valence-electron chi connectivity index (χ1n) is 8.99. The van der Waals surface area contributed by atoms with Crippen LogP contribution in [-0.2, 0) is 0 Å². The van der Waals surface area contributed by atoms with Gasteiger partial charge in [-0.15, -0.1) is 11.3 Å². The molecule has 0 saturated carbocycles. The van der Waals surface area contributed by atoms with E-state index in [9.17, 15) is 4.79 Å². The fourth-order valence-electron chi connectivity index (χ4n) is 3.81. The van der Waals surface area contributed by atoms with E-state index in [1.165, 1.54) is 17.7 Å². The smallest absolute Gasteiger partial charge is 0.287 e. The number of para-hydroxylation sites is 1. The number of quaternary nitrogens is 1. The van der Waals surface area contributed by atoms with E-state index in [4.69, 9.17) is 16.0 Å². The molecule has 2 N–H and O–H groups in total. The number of aryl methyl sites for hydroxylation is 1. The number of halogens is 1. The maximum absolute atomic E-state index is 12.8. The Hall–Kier alpha value is -1.82. The predicted molar refractivity (Wildman–Crippen MR) is 105 cm³/mol. The summed E-state index contributed by atoms with van der Waals surface area (Å²) in [5.41, 5.74) is 1.41. The first-order chi connectivity index (χ1) is 12.6. The van der Waals surface area contributed by atoms with Crippen LogP contribution in [0.5, 0.6) is 0 Å². The third-order valence-electron chi connectivity index (χ3n) is 5.21. The third kappa shape index (κ3) is 3.27. The van der Waals surface area contributed by atoms with Gasteiger partial charge in [0.15, 0.2) is 11.3 Å². The lowest BCUT2D eigenvalue weighted by molar-refractivity contribution is -0.918. The minimum absolute atomic E-state index is 0.171. The molecule has 136 valence electrons. The Morgan fingerprint density at radius 2 is 2.12 bits per heavy atom. The second-order valence-corrected chi connectivity index (χ2v) is 8.20. The van der Waals surface area contributed by atoms with Gasteiger partial charge in [0.1, 0.15) is 6.04 Å². The number of benzene rings is 1. The summed E-state index contributed by atoms with van der Waals surface area (Å²) in [5.74, 6) is 0.185.